The molecule has 0 bridgehead atoms. The molecule has 2 aromatic heterocycles. The van der Waals surface area contributed by atoms with Gasteiger partial charge in [0.15, 0.2) is 0 Å². The van der Waals surface area contributed by atoms with Crippen LogP contribution in [0.25, 0.3) is 11.0 Å². The lowest BCUT2D eigenvalue weighted by atomic mass is 10.1. The fourth-order valence-electron chi connectivity index (χ4n) is 3.76. The predicted molar refractivity (Wildman–Crippen MR) is 99.4 cm³/mol. The van der Waals surface area contributed by atoms with E-state index >= 15 is 0 Å². The summed E-state index contributed by atoms with van der Waals surface area (Å²) < 4.78 is 2.20. The summed E-state index contributed by atoms with van der Waals surface area (Å²) in [5.74, 6) is 2.81. The molecule has 6 heteroatoms. The van der Waals surface area contributed by atoms with Crippen LogP contribution in [-0.2, 0) is 13.6 Å². The van der Waals surface area contributed by atoms with Crippen molar-refractivity contribution < 1.29 is 0 Å². The highest BCUT2D eigenvalue weighted by atomic mass is 15.2. The van der Waals surface area contributed by atoms with Crippen LogP contribution in [-0.4, -0.2) is 38.0 Å². The Hall–Kier alpha value is -2.47. The molecule has 25 heavy (non-hydrogen) atoms. The van der Waals surface area contributed by atoms with Gasteiger partial charge in [-0.3, -0.25) is 4.90 Å². The van der Waals surface area contributed by atoms with E-state index in [0.29, 0.717) is 6.04 Å². The summed E-state index contributed by atoms with van der Waals surface area (Å²) in [5.41, 5.74) is 3.35. The lowest BCUT2D eigenvalue weighted by molar-refractivity contribution is 0.236. The normalized spacial score (nSPS) is 18.1. The van der Waals surface area contributed by atoms with Crippen LogP contribution in [0.5, 0.6) is 0 Å². The van der Waals surface area contributed by atoms with Gasteiger partial charge in [-0.2, -0.15) is 0 Å². The molecule has 6 nitrogen and oxygen atoms in total. The molecule has 1 saturated heterocycles. The Bertz CT molecular complexity index is 900. The van der Waals surface area contributed by atoms with Crippen LogP contribution in [0.2, 0.25) is 0 Å². The van der Waals surface area contributed by atoms with Crippen molar-refractivity contribution in [2.75, 3.05) is 18.9 Å². The van der Waals surface area contributed by atoms with Gasteiger partial charge in [-0.15, -0.1) is 0 Å². The van der Waals surface area contributed by atoms with Crippen molar-refractivity contribution in [3.8, 4) is 0 Å². The van der Waals surface area contributed by atoms with E-state index in [1.807, 2.05) is 20.0 Å². The first kappa shape index (κ1) is 16.0. The van der Waals surface area contributed by atoms with Gasteiger partial charge in [-0.05, 0) is 38.4 Å². The number of rotatable bonds is 4. The highest BCUT2D eigenvalue weighted by Crippen LogP contribution is 2.33. The fraction of sp³-hybridized carbons (Fsp3) is 0.421. The van der Waals surface area contributed by atoms with Crippen LogP contribution >= 0.6 is 0 Å². The van der Waals surface area contributed by atoms with Gasteiger partial charge < -0.3 is 9.88 Å². The van der Waals surface area contributed by atoms with Crippen molar-refractivity contribution in [1.29, 1.82) is 0 Å². The highest BCUT2D eigenvalue weighted by molar-refractivity contribution is 5.75. The molecule has 4 rings (SSSR count). The first-order valence-electron chi connectivity index (χ1n) is 8.83. The summed E-state index contributed by atoms with van der Waals surface area (Å²) in [6, 6.07) is 10.7. The maximum atomic E-state index is 4.83. The molecule has 1 atom stereocenters. The van der Waals surface area contributed by atoms with Crippen molar-refractivity contribution in [3.63, 3.8) is 0 Å². The Balaban J connectivity index is 1.63. The van der Waals surface area contributed by atoms with Crippen LogP contribution in [0.3, 0.4) is 0 Å². The molecule has 0 saturated carbocycles. The average molecular weight is 336 g/mol. The quantitative estimate of drug-likeness (QED) is 0.793. The van der Waals surface area contributed by atoms with Crippen LogP contribution in [0, 0.1) is 6.92 Å². The van der Waals surface area contributed by atoms with Gasteiger partial charge >= 0.3 is 0 Å². The van der Waals surface area contributed by atoms with E-state index in [0.717, 1.165) is 48.2 Å². The molecule has 0 aliphatic carbocycles. The third-order valence-corrected chi connectivity index (χ3v) is 5.04. The molecule has 1 aliphatic heterocycles. The summed E-state index contributed by atoms with van der Waals surface area (Å²) >= 11 is 0. The number of hydrogen-bond donors (Lipinski definition) is 1. The Morgan fingerprint density at radius 3 is 2.84 bits per heavy atom. The van der Waals surface area contributed by atoms with Crippen molar-refractivity contribution >= 4 is 16.9 Å². The Morgan fingerprint density at radius 2 is 2.04 bits per heavy atom. The zero-order chi connectivity index (χ0) is 17.4. The Morgan fingerprint density at radius 1 is 1.20 bits per heavy atom. The number of nitrogens with zero attached hydrogens (tertiary/aromatic N) is 5. The molecule has 0 unspecified atom stereocenters. The van der Waals surface area contributed by atoms with Gasteiger partial charge in [0.05, 0.1) is 29.3 Å². The van der Waals surface area contributed by atoms with Gasteiger partial charge in [-0.1, -0.05) is 12.1 Å². The number of aromatic nitrogens is 4. The van der Waals surface area contributed by atoms with Crippen LogP contribution in [0.4, 0.5) is 5.82 Å². The van der Waals surface area contributed by atoms with E-state index in [1.165, 1.54) is 11.9 Å². The molecular weight excluding hydrogens is 312 g/mol. The van der Waals surface area contributed by atoms with Gasteiger partial charge in [0, 0.05) is 20.2 Å². The lowest BCUT2D eigenvalue weighted by Crippen LogP contribution is -2.25. The summed E-state index contributed by atoms with van der Waals surface area (Å²) in [5, 5.41) is 3.14. The van der Waals surface area contributed by atoms with Crippen LogP contribution in [0.1, 0.15) is 36.2 Å². The molecule has 0 radical (unpaired) electrons. The number of aryl methyl sites for hydroxylation is 2. The van der Waals surface area contributed by atoms with E-state index in [1.54, 1.807) is 0 Å². The lowest BCUT2D eigenvalue weighted by Gasteiger charge is -2.24. The Kier molecular flexibility index (Phi) is 4.13. The average Bonchev–Trinajstić information content (AvgIpc) is 3.20. The Labute approximate surface area is 147 Å². The van der Waals surface area contributed by atoms with E-state index in [9.17, 15) is 0 Å². The second-order valence-corrected chi connectivity index (χ2v) is 6.68. The number of fused-ring (bicyclic) bond motifs is 1. The zero-order valence-corrected chi connectivity index (χ0v) is 15.0. The minimum Gasteiger partial charge on any atom is -0.373 e. The van der Waals surface area contributed by atoms with Crippen LogP contribution < -0.4 is 5.32 Å². The molecule has 1 N–H and O–H groups in total. The third-order valence-electron chi connectivity index (χ3n) is 5.04. The van der Waals surface area contributed by atoms with Gasteiger partial charge in [0.1, 0.15) is 17.5 Å². The molecule has 3 aromatic rings. The number of imidazole rings is 1. The molecule has 1 fully saturated rings. The second kappa shape index (κ2) is 6.44. The molecule has 3 heterocycles. The largest absolute Gasteiger partial charge is 0.373 e. The molecule has 0 spiro atoms. The van der Waals surface area contributed by atoms with E-state index in [4.69, 9.17) is 9.97 Å². The second-order valence-electron chi connectivity index (χ2n) is 6.68. The minimum absolute atomic E-state index is 0.327. The zero-order valence-electron chi connectivity index (χ0n) is 15.0. The number of para-hydroxylation sites is 2. The fourth-order valence-corrected chi connectivity index (χ4v) is 3.76. The number of benzene rings is 1. The molecule has 130 valence electrons. The monoisotopic (exact) mass is 336 g/mol. The standard InChI is InChI=1S/C19H24N6/c1-13-21-15(11-18(20-2)22-13)17-9-6-10-25(17)12-19-23-14-7-4-5-8-16(14)24(19)3/h4-5,7-8,11,17H,6,9-10,12H2,1-3H3,(H,20,21,22)/t17-/m0/s1. The van der Waals surface area contributed by atoms with E-state index < -0.39 is 0 Å². The van der Waals surface area contributed by atoms with Crippen molar-refractivity contribution in [3.05, 3.63) is 47.7 Å². The number of nitrogens with one attached hydrogen (secondary N) is 1. The maximum absolute atomic E-state index is 4.83. The van der Waals surface area contributed by atoms with Crippen molar-refractivity contribution in [1.82, 2.24) is 24.4 Å². The predicted octanol–water partition coefficient (Wildman–Crippen LogP) is 3.05. The van der Waals surface area contributed by atoms with Crippen LogP contribution in [0.15, 0.2) is 30.3 Å². The van der Waals surface area contributed by atoms with E-state index in [-0.39, 0.29) is 0 Å². The minimum atomic E-state index is 0.327. The van der Waals surface area contributed by atoms with Crippen molar-refractivity contribution in [2.45, 2.75) is 32.4 Å². The first-order valence-corrected chi connectivity index (χ1v) is 8.83. The van der Waals surface area contributed by atoms with Gasteiger partial charge in [-0.25, -0.2) is 15.0 Å². The van der Waals surface area contributed by atoms with Crippen molar-refractivity contribution in [2.24, 2.45) is 7.05 Å². The molecule has 1 aromatic carbocycles. The summed E-state index contributed by atoms with van der Waals surface area (Å²) in [4.78, 5) is 16.4. The van der Waals surface area contributed by atoms with Gasteiger partial charge in [0.25, 0.3) is 0 Å². The van der Waals surface area contributed by atoms with Gasteiger partial charge in [0.2, 0.25) is 0 Å². The number of hydrogen-bond acceptors (Lipinski definition) is 5. The number of anilines is 1. The topological polar surface area (TPSA) is 58.9 Å². The number of likely N-dealkylation sites (tertiary alicyclic amines) is 1. The summed E-state index contributed by atoms with van der Waals surface area (Å²) in [6.07, 6.45) is 2.32. The SMILES string of the molecule is CNc1cc([C@@H]2CCCN2Cc2nc3ccccc3n2C)nc(C)n1. The van der Waals surface area contributed by atoms with E-state index in [2.05, 4.69) is 51.1 Å². The maximum Gasteiger partial charge on any atom is 0.129 e. The molecule has 1 aliphatic rings. The summed E-state index contributed by atoms with van der Waals surface area (Å²) in [6.45, 7) is 3.87. The smallest absolute Gasteiger partial charge is 0.129 e. The molecular formula is C19H24N6. The first-order chi connectivity index (χ1) is 12.2. The molecule has 0 amide bonds. The highest BCUT2D eigenvalue weighted by Gasteiger charge is 2.29. The summed E-state index contributed by atoms with van der Waals surface area (Å²) in [7, 11) is 4.00. The third kappa shape index (κ3) is 2.98.